The summed E-state index contributed by atoms with van der Waals surface area (Å²) in [5.74, 6) is 4.18. The summed E-state index contributed by atoms with van der Waals surface area (Å²) in [5.41, 5.74) is 5.24. The highest BCUT2D eigenvalue weighted by atomic mass is 15.0. The molecular formula is C22H18N4. The number of benzene rings is 2. The molecule has 0 aliphatic carbocycles. The Hall–Kier alpha value is -3.58. The predicted molar refractivity (Wildman–Crippen MR) is 106 cm³/mol. The van der Waals surface area contributed by atoms with Crippen LogP contribution in [0, 0.1) is 19.3 Å². The van der Waals surface area contributed by atoms with Crippen LogP contribution in [-0.2, 0) is 6.42 Å². The Morgan fingerprint density at radius 1 is 1.12 bits per heavy atom. The van der Waals surface area contributed by atoms with Gasteiger partial charge in [0.2, 0.25) is 0 Å². The van der Waals surface area contributed by atoms with E-state index >= 15 is 0 Å². The highest BCUT2D eigenvalue weighted by Crippen LogP contribution is 2.22. The van der Waals surface area contributed by atoms with Crippen LogP contribution in [-0.4, -0.2) is 15.0 Å². The van der Waals surface area contributed by atoms with E-state index in [1.165, 1.54) is 5.39 Å². The summed E-state index contributed by atoms with van der Waals surface area (Å²) in [4.78, 5) is 12.3. The molecule has 2 N–H and O–H groups in total. The van der Waals surface area contributed by atoms with E-state index in [9.17, 15) is 0 Å². The van der Waals surface area contributed by atoms with E-state index in [4.69, 9.17) is 6.42 Å². The van der Waals surface area contributed by atoms with Crippen LogP contribution in [0.2, 0.25) is 0 Å². The Morgan fingerprint density at radius 3 is 2.92 bits per heavy atom. The Morgan fingerprint density at radius 2 is 2.04 bits per heavy atom. The number of hydrogen-bond acceptors (Lipinski definition) is 3. The number of rotatable bonds is 4. The van der Waals surface area contributed by atoms with Gasteiger partial charge in [0.15, 0.2) is 0 Å². The number of aromatic amines is 1. The van der Waals surface area contributed by atoms with Gasteiger partial charge in [-0.1, -0.05) is 18.1 Å². The molecule has 0 bridgehead atoms. The van der Waals surface area contributed by atoms with Crippen LogP contribution >= 0.6 is 0 Å². The Kier molecular flexibility index (Phi) is 4.12. The fourth-order valence-electron chi connectivity index (χ4n) is 3.01. The molecule has 4 aromatic rings. The van der Waals surface area contributed by atoms with Crippen molar-refractivity contribution in [1.82, 2.24) is 15.0 Å². The summed E-state index contributed by atoms with van der Waals surface area (Å²) in [6, 6.07) is 18.1. The van der Waals surface area contributed by atoms with Crippen molar-refractivity contribution in [3.8, 4) is 12.3 Å². The minimum Gasteiger partial charge on any atom is -0.359 e. The summed E-state index contributed by atoms with van der Waals surface area (Å²) < 4.78 is 0. The standard InChI is InChI=1S/C22H18N4/c1-3-16-5-4-6-17(12-16)13-22-23-10-9-21(26-22)25-19-7-8-20-18(14-19)11-15(2)24-20/h1,4-12,14,24H,13H2,2H3,(H,23,25,26). The van der Waals surface area contributed by atoms with E-state index in [-0.39, 0.29) is 0 Å². The third-order valence-corrected chi connectivity index (χ3v) is 4.19. The van der Waals surface area contributed by atoms with Crippen molar-refractivity contribution < 1.29 is 0 Å². The molecule has 0 fully saturated rings. The quantitative estimate of drug-likeness (QED) is 0.535. The first-order valence-electron chi connectivity index (χ1n) is 8.43. The van der Waals surface area contributed by atoms with E-state index in [0.29, 0.717) is 6.42 Å². The summed E-state index contributed by atoms with van der Waals surface area (Å²) >= 11 is 0. The Labute approximate surface area is 152 Å². The van der Waals surface area contributed by atoms with Gasteiger partial charge in [-0.15, -0.1) is 6.42 Å². The number of aryl methyl sites for hydroxylation is 1. The van der Waals surface area contributed by atoms with E-state index in [2.05, 4.69) is 51.3 Å². The maximum atomic E-state index is 5.47. The molecule has 4 heteroatoms. The van der Waals surface area contributed by atoms with Crippen molar-refractivity contribution in [1.29, 1.82) is 0 Å². The topological polar surface area (TPSA) is 53.6 Å². The van der Waals surface area contributed by atoms with Crippen molar-refractivity contribution in [3.05, 3.63) is 83.4 Å². The first kappa shape index (κ1) is 15.9. The van der Waals surface area contributed by atoms with Gasteiger partial charge in [-0.3, -0.25) is 0 Å². The lowest BCUT2D eigenvalue weighted by Crippen LogP contribution is -2.00. The lowest BCUT2D eigenvalue weighted by atomic mass is 10.1. The second kappa shape index (κ2) is 6.73. The molecule has 2 aromatic carbocycles. The lowest BCUT2D eigenvalue weighted by Gasteiger charge is -2.07. The molecule has 0 radical (unpaired) electrons. The molecule has 0 amide bonds. The minimum absolute atomic E-state index is 0.640. The molecule has 0 unspecified atom stereocenters. The normalized spacial score (nSPS) is 10.6. The average Bonchev–Trinajstić information content (AvgIpc) is 3.01. The Balaban J connectivity index is 1.55. The number of hydrogen-bond donors (Lipinski definition) is 2. The monoisotopic (exact) mass is 338 g/mol. The molecule has 2 heterocycles. The number of anilines is 2. The largest absolute Gasteiger partial charge is 0.359 e. The summed E-state index contributed by atoms with van der Waals surface area (Å²) in [7, 11) is 0. The third kappa shape index (κ3) is 3.42. The van der Waals surface area contributed by atoms with Crippen LogP contribution in [0.15, 0.2) is 60.8 Å². The van der Waals surface area contributed by atoms with Crippen LogP contribution in [0.25, 0.3) is 10.9 Å². The van der Waals surface area contributed by atoms with E-state index < -0.39 is 0 Å². The number of nitrogens with one attached hydrogen (secondary N) is 2. The van der Waals surface area contributed by atoms with Gasteiger partial charge in [0, 0.05) is 40.5 Å². The van der Waals surface area contributed by atoms with Crippen LogP contribution in [0.1, 0.15) is 22.6 Å². The SMILES string of the molecule is C#Cc1cccc(Cc2nccc(Nc3ccc4[nH]c(C)cc4c3)n2)c1. The molecule has 126 valence electrons. The maximum absolute atomic E-state index is 5.47. The van der Waals surface area contributed by atoms with Crippen molar-refractivity contribution >= 4 is 22.4 Å². The molecule has 26 heavy (non-hydrogen) atoms. The first-order valence-corrected chi connectivity index (χ1v) is 8.43. The second-order valence-electron chi connectivity index (χ2n) is 6.26. The van der Waals surface area contributed by atoms with Crippen molar-refractivity contribution in [2.45, 2.75) is 13.3 Å². The maximum Gasteiger partial charge on any atom is 0.135 e. The molecule has 2 aromatic heterocycles. The predicted octanol–water partition coefficient (Wildman–Crippen LogP) is 4.58. The van der Waals surface area contributed by atoms with E-state index in [1.54, 1.807) is 6.20 Å². The highest BCUT2D eigenvalue weighted by Gasteiger charge is 2.04. The van der Waals surface area contributed by atoms with Gasteiger partial charge in [-0.2, -0.15) is 0 Å². The number of fused-ring (bicyclic) bond motifs is 1. The minimum atomic E-state index is 0.640. The number of nitrogens with zero attached hydrogens (tertiary/aromatic N) is 2. The molecule has 4 rings (SSSR count). The van der Waals surface area contributed by atoms with Gasteiger partial charge in [0.25, 0.3) is 0 Å². The molecule has 0 saturated carbocycles. The Bertz CT molecular complexity index is 1120. The molecule has 0 aliphatic rings. The zero-order chi connectivity index (χ0) is 17.9. The third-order valence-electron chi connectivity index (χ3n) is 4.19. The van der Waals surface area contributed by atoms with Gasteiger partial charge < -0.3 is 10.3 Å². The molecule has 0 saturated heterocycles. The number of H-pyrrole nitrogens is 1. The van der Waals surface area contributed by atoms with E-state index in [0.717, 1.165) is 39.7 Å². The van der Waals surface area contributed by atoms with E-state index in [1.807, 2.05) is 36.4 Å². The van der Waals surface area contributed by atoms with Crippen LogP contribution < -0.4 is 5.32 Å². The zero-order valence-electron chi connectivity index (χ0n) is 14.5. The smallest absolute Gasteiger partial charge is 0.135 e. The van der Waals surface area contributed by atoms with Gasteiger partial charge in [0.05, 0.1) is 0 Å². The fraction of sp³-hybridized carbons (Fsp3) is 0.0909. The van der Waals surface area contributed by atoms with Crippen LogP contribution in [0.5, 0.6) is 0 Å². The number of aromatic nitrogens is 3. The highest BCUT2D eigenvalue weighted by molar-refractivity contribution is 5.84. The van der Waals surface area contributed by atoms with Crippen molar-refractivity contribution in [2.75, 3.05) is 5.32 Å². The average molecular weight is 338 g/mol. The van der Waals surface area contributed by atoms with Gasteiger partial charge in [0.1, 0.15) is 11.6 Å². The van der Waals surface area contributed by atoms with Crippen LogP contribution in [0.3, 0.4) is 0 Å². The van der Waals surface area contributed by atoms with Crippen molar-refractivity contribution in [3.63, 3.8) is 0 Å². The molecule has 0 spiro atoms. The molecule has 0 atom stereocenters. The lowest BCUT2D eigenvalue weighted by molar-refractivity contribution is 0.971. The van der Waals surface area contributed by atoms with Gasteiger partial charge in [-0.25, -0.2) is 9.97 Å². The summed E-state index contributed by atoms with van der Waals surface area (Å²) in [6.07, 6.45) is 7.88. The molecule has 4 nitrogen and oxygen atoms in total. The van der Waals surface area contributed by atoms with Gasteiger partial charge in [-0.05, 0) is 55.0 Å². The van der Waals surface area contributed by atoms with Crippen LogP contribution in [0.4, 0.5) is 11.5 Å². The fourth-order valence-corrected chi connectivity index (χ4v) is 3.01. The van der Waals surface area contributed by atoms with Gasteiger partial charge >= 0.3 is 0 Å². The zero-order valence-corrected chi connectivity index (χ0v) is 14.5. The summed E-state index contributed by atoms with van der Waals surface area (Å²) in [6.45, 7) is 2.05. The summed E-state index contributed by atoms with van der Waals surface area (Å²) in [5, 5.41) is 4.53. The molecular weight excluding hydrogens is 320 g/mol. The number of terminal acetylenes is 1. The molecule has 0 aliphatic heterocycles. The second-order valence-corrected chi connectivity index (χ2v) is 6.26. The van der Waals surface area contributed by atoms with Crippen molar-refractivity contribution in [2.24, 2.45) is 0 Å². The first-order chi connectivity index (χ1) is 12.7.